The van der Waals surface area contributed by atoms with Crippen molar-refractivity contribution in [3.63, 3.8) is 0 Å². The Morgan fingerprint density at radius 3 is 1.75 bits per heavy atom. The van der Waals surface area contributed by atoms with Crippen LogP contribution < -0.4 is 10.5 Å². The van der Waals surface area contributed by atoms with Gasteiger partial charge in [0.25, 0.3) is 0 Å². The lowest BCUT2D eigenvalue weighted by atomic mass is 9.91. The predicted octanol–water partition coefficient (Wildman–Crippen LogP) is 2.98. The molecule has 2 aromatic carbocycles. The molecule has 14 unspecified atom stereocenters. The monoisotopic (exact) mass is 1170 g/mol. The fourth-order valence-electron chi connectivity index (χ4n) is 8.55. The summed E-state index contributed by atoms with van der Waals surface area (Å²) in [6, 6.07) is 12.8. The zero-order chi connectivity index (χ0) is 61.7. The number of nitrogens with two attached hydrogens (primary N) is 1. The van der Waals surface area contributed by atoms with Gasteiger partial charge in [-0.25, -0.2) is 15.0 Å². The molecule has 3 saturated heterocycles. The van der Waals surface area contributed by atoms with Crippen LogP contribution in [0.2, 0.25) is 0 Å². The van der Waals surface area contributed by atoms with Crippen LogP contribution in [0.15, 0.2) is 55.1 Å². The Labute approximate surface area is 482 Å². The average molecular weight is 1170 g/mol. The quantitative estimate of drug-likeness (QED) is 0.0411. The summed E-state index contributed by atoms with van der Waals surface area (Å²) in [7, 11) is 0. The van der Waals surface area contributed by atoms with E-state index in [0.29, 0.717) is 36.2 Å². The van der Waals surface area contributed by atoms with Crippen molar-refractivity contribution in [1.82, 2.24) is 19.5 Å². The molecule has 83 heavy (non-hydrogen) atoms. The first kappa shape index (κ1) is 68.0. The molecular formula is C58H85N5O20. The number of phenols is 1. The molecule has 0 saturated carbocycles. The number of rotatable bonds is 17. The SMILES string of the molecule is CC(C)(C)CCC(=O)OCC1OC(O)C(O)C(O)C1OC1OC(CO)C(O)C(O)C1O.CC(C)(C)CCC(=O)OCC1OC(n2cnc3c(N)ncnc32)C(O)C1O.Cc1cc(O)cc(/C=C/c2ccc(OC(=O)CCC(C)(C)C)cc2)c1. The van der Waals surface area contributed by atoms with Crippen LogP contribution >= 0.6 is 0 Å². The van der Waals surface area contributed by atoms with Gasteiger partial charge < -0.3 is 90.0 Å². The minimum Gasteiger partial charge on any atom is -0.508 e. The third kappa shape index (κ3) is 20.8. The molecule has 0 bridgehead atoms. The molecule has 25 heteroatoms. The van der Waals surface area contributed by atoms with Gasteiger partial charge in [0.1, 0.15) is 104 Å². The lowest BCUT2D eigenvalue weighted by molar-refractivity contribution is -0.355. The zero-order valence-electron chi connectivity index (χ0n) is 48.7. The molecule has 25 nitrogen and oxygen atoms in total. The molecule has 5 heterocycles. The number of ether oxygens (including phenoxy) is 7. The van der Waals surface area contributed by atoms with Crippen molar-refractivity contribution in [3.8, 4) is 11.5 Å². The van der Waals surface area contributed by atoms with Crippen molar-refractivity contribution in [3.05, 3.63) is 71.8 Å². The van der Waals surface area contributed by atoms with Gasteiger partial charge in [0.05, 0.1) is 12.9 Å². The lowest BCUT2D eigenvalue weighted by Gasteiger charge is -2.45. The summed E-state index contributed by atoms with van der Waals surface area (Å²) in [6.45, 7) is 19.0. The van der Waals surface area contributed by atoms with Crippen molar-refractivity contribution in [1.29, 1.82) is 0 Å². The van der Waals surface area contributed by atoms with E-state index >= 15 is 0 Å². The van der Waals surface area contributed by atoms with Crippen LogP contribution in [-0.2, 0) is 42.8 Å². The number of aromatic hydroxyl groups is 1. The fourth-order valence-corrected chi connectivity index (χ4v) is 8.55. The minimum atomic E-state index is -1.79. The number of aromatic nitrogens is 4. The van der Waals surface area contributed by atoms with Crippen molar-refractivity contribution >= 4 is 47.0 Å². The first-order chi connectivity index (χ1) is 38.7. The zero-order valence-corrected chi connectivity index (χ0v) is 48.7. The third-order valence-corrected chi connectivity index (χ3v) is 13.5. The second kappa shape index (κ2) is 29.8. The van der Waals surface area contributed by atoms with E-state index in [9.17, 15) is 65.4 Å². The maximum atomic E-state index is 12.0. The van der Waals surface area contributed by atoms with Gasteiger partial charge in [-0.3, -0.25) is 19.0 Å². The second-order valence-electron chi connectivity index (χ2n) is 24.5. The van der Waals surface area contributed by atoms with Crippen LogP contribution in [0.25, 0.3) is 23.3 Å². The van der Waals surface area contributed by atoms with Crippen LogP contribution in [0.1, 0.15) is 124 Å². The van der Waals surface area contributed by atoms with E-state index in [1.165, 1.54) is 17.2 Å². The molecule has 462 valence electrons. The summed E-state index contributed by atoms with van der Waals surface area (Å²) in [6.07, 6.45) is -10.8. The van der Waals surface area contributed by atoms with Crippen molar-refractivity contribution in [2.75, 3.05) is 25.6 Å². The summed E-state index contributed by atoms with van der Waals surface area (Å²) < 4.78 is 38.9. The van der Waals surface area contributed by atoms with E-state index in [1.54, 1.807) is 24.3 Å². The first-order valence-electron chi connectivity index (χ1n) is 27.4. The maximum absolute atomic E-state index is 12.0. The molecule has 3 fully saturated rings. The topological polar surface area (TPSA) is 388 Å². The highest BCUT2D eigenvalue weighted by molar-refractivity contribution is 5.81. The van der Waals surface area contributed by atoms with Crippen LogP contribution in [0, 0.1) is 23.2 Å². The Morgan fingerprint density at radius 1 is 0.627 bits per heavy atom. The van der Waals surface area contributed by atoms with Crippen molar-refractivity contribution in [2.45, 2.75) is 194 Å². The Bertz CT molecular complexity index is 2720. The van der Waals surface area contributed by atoms with Gasteiger partial charge in [0.15, 0.2) is 30.3 Å². The smallest absolute Gasteiger partial charge is 0.311 e. The Balaban J connectivity index is 0.000000229. The number of aliphatic hydroxyl groups is 9. The van der Waals surface area contributed by atoms with Gasteiger partial charge in [-0.15, -0.1) is 0 Å². The number of anilines is 1. The number of carbonyl (C=O) groups excluding carboxylic acids is 3. The van der Waals surface area contributed by atoms with E-state index in [1.807, 2.05) is 78.8 Å². The van der Waals surface area contributed by atoms with Gasteiger partial charge in [0, 0.05) is 19.3 Å². The standard InChI is InChI=1S/C22H26O3.C19H34O12.C17H25N5O5/c1-16-13-18(15-19(23)14-16)6-5-17-7-9-20(10-8-17)25-21(24)11-12-22(2,3)4;1-19(2,3)5-4-10(21)28-7-9-16(13(24)14(25)17(27)29-9)31-18-15(26)12(23)11(22)8(6-20)30-18;1-17(2,3)5-4-10(23)26-6-9-12(24)13(25)16(27-9)22-8-21-11-14(18)19-7-20-15(11)22/h5-10,13-15,23H,11-12H2,1-4H3;8-9,11-18,20,22-27H,4-7H2,1-3H3;7-9,12-13,16,24-25H,4-6H2,1-3H3,(H2,18,19,20)/b6-5+;;. The van der Waals surface area contributed by atoms with Crippen molar-refractivity contribution < 1.29 is 98.6 Å². The summed E-state index contributed by atoms with van der Waals surface area (Å²) in [5.74, 6) is -0.0848. The molecule has 0 amide bonds. The second-order valence-corrected chi connectivity index (χ2v) is 24.5. The maximum Gasteiger partial charge on any atom is 0.311 e. The van der Waals surface area contributed by atoms with Crippen LogP contribution in [0.3, 0.4) is 0 Å². The molecule has 0 spiro atoms. The molecule has 3 aliphatic rings. The number of hydrogen-bond acceptors (Lipinski definition) is 24. The van der Waals surface area contributed by atoms with Crippen LogP contribution in [-0.4, -0.2) is 188 Å². The number of carbonyl (C=O) groups is 3. The molecule has 0 radical (unpaired) electrons. The van der Waals surface area contributed by atoms with E-state index in [-0.39, 0.29) is 59.2 Å². The number of nitrogens with zero attached hydrogens (tertiary/aromatic N) is 4. The highest BCUT2D eigenvalue weighted by Gasteiger charge is 2.51. The number of aliphatic hydroxyl groups excluding tert-OH is 9. The molecule has 14 atom stereocenters. The molecule has 7 rings (SSSR count). The Morgan fingerprint density at radius 2 is 1.18 bits per heavy atom. The highest BCUT2D eigenvalue weighted by Crippen LogP contribution is 2.34. The summed E-state index contributed by atoms with van der Waals surface area (Å²) in [5, 5.41) is 99.5. The number of aryl methyl sites for hydroxylation is 1. The van der Waals surface area contributed by atoms with E-state index in [4.69, 9.17) is 38.9 Å². The normalized spacial score (nSPS) is 27.5. The van der Waals surface area contributed by atoms with Gasteiger partial charge in [-0.05, 0) is 83.4 Å². The summed E-state index contributed by atoms with van der Waals surface area (Å²) in [4.78, 5) is 47.9. The fraction of sp³-hybridized carbons (Fsp3) is 0.621. The van der Waals surface area contributed by atoms with Crippen LogP contribution in [0.4, 0.5) is 5.82 Å². The number of hydrogen-bond donors (Lipinski definition) is 11. The number of imidazole rings is 1. The van der Waals surface area contributed by atoms with Gasteiger partial charge in [-0.1, -0.05) is 92.7 Å². The highest BCUT2D eigenvalue weighted by atomic mass is 16.7. The van der Waals surface area contributed by atoms with E-state index in [0.717, 1.165) is 23.1 Å². The van der Waals surface area contributed by atoms with Crippen molar-refractivity contribution in [2.24, 2.45) is 16.2 Å². The third-order valence-electron chi connectivity index (χ3n) is 13.5. The molecule has 2 aromatic heterocycles. The number of benzene rings is 2. The van der Waals surface area contributed by atoms with E-state index in [2.05, 4.69) is 35.7 Å². The average Bonchev–Trinajstić information content (AvgIpc) is 3.65. The molecule has 4 aromatic rings. The Hall–Kier alpha value is -5.78. The predicted molar refractivity (Wildman–Crippen MR) is 299 cm³/mol. The molecule has 0 aliphatic carbocycles. The van der Waals surface area contributed by atoms with E-state index < -0.39 is 105 Å². The molecule has 3 aliphatic heterocycles. The molecular weight excluding hydrogens is 1090 g/mol. The number of phenolic OH excluding ortho intramolecular Hbond substituents is 1. The Kier molecular flexibility index (Phi) is 24.4. The number of fused-ring (bicyclic) bond motifs is 1. The molecule has 12 N–H and O–H groups in total. The lowest BCUT2D eigenvalue weighted by Crippen LogP contribution is -2.64. The van der Waals surface area contributed by atoms with Gasteiger partial charge in [0.2, 0.25) is 0 Å². The van der Waals surface area contributed by atoms with Gasteiger partial charge >= 0.3 is 17.9 Å². The van der Waals surface area contributed by atoms with Gasteiger partial charge in [-0.2, -0.15) is 0 Å². The first-order valence-corrected chi connectivity index (χ1v) is 27.4. The number of esters is 3. The summed E-state index contributed by atoms with van der Waals surface area (Å²) >= 11 is 0. The minimum absolute atomic E-state index is 0.0237. The number of nitrogen functional groups attached to an aromatic ring is 1. The largest absolute Gasteiger partial charge is 0.508 e. The van der Waals surface area contributed by atoms with Crippen LogP contribution in [0.5, 0.6) is 11.5 Å². The summed E-state index contributed by atoms with van der Waals surface area (Å²) in [5.41, 5.74) is 9.51.